The Labute approximate surface area is 122 Å². The molecule has 1 N–H and O–H groups in total. The molecule has 4 nitrogen and oxygen atoms in total. The fraction of sp³-hybridized carbons (Fsp3) is 0.571. The molecule has 19 heavy (non-hydrogen) atoms. The van der Waals surface area contributed by atoms with Crippen LogP contribution in [0.5, 0.6) is 0 Å². The molecule has 0 aliphatic carbocycles. The van der Waals surface area contributed by atoms with Crippen LogP contribution in [0.15, 0.2) is 22.7 Å². The van der Waals surface area contributed by atoms with E-state index < -0.39 is 0 Å². The minimum atomic E-state index is -0.305. The van der Waals surface area contributed by atoms with Crippen molar-refractivity contribution in [3.05, 3.63) is 38.3 Å². The van der Waals surface area contributed by atoms with E-state index in [1.807, 2.05) is 12.1 Å². The van der Waals surface area contributed by atoms with Crippen molar-refractivity contribution >= 4 is 21.6 Å². The van der Waals surface area contributed by atoms with E-state index >= 15 is 0 Å². The third-order valence-electron chi connectivity index (χ3n) is 3.38. The van der Waals surface area contributed by atoms with Gasteiger partial charge in [-0.3, -0.25) is 10.1 Å². The molecule has 1 rings (SSSR count). The Hall–Kier alpha value is -0.940. The summed E-state index contributed by atoms with van der Waals surface area (Å²) in [6.07, 6.45) is 1.74. The number of hydrogen-bond donors (Lipinski definition) is 1. The molecule has 0 aliphatic heterocycles. The highest BCUT2D eigenvalue weighted by Gasteiger charge is 2.20. The predicted molar refractivity (Wildman–Crippen MR) is 81.4 cm³/mol. The maximum absolute atomic E-state index is 11.1. The highest BCUT2D eigenvalue weighted by Crippen LogP contribution is 2.26. The smallest absolute Gasteiger partial charge is 0.273 e. The number of rotatable bonds is 7. The fourth-order valence-electron chi connectivity index (χ4n) is 2.38. The lowest BCUT2D eigenvalue weighted by Gasteiger charge is -2.23. The van der Waals surface area contributed by atoms with Gasteiger partial charge in [0, 0.05) is 22.1 Å². The second-order valence-electron chi connectivity index (χ2n) is 4.78. The summed E-state index contributed by atoms with van der Waals surface area (Å²) in [6.45, 7) is 7.28. The van der Waals surface area contributed by atoms with Gasteiger partial charge in [-0.1, -0.05) is 42.8 Å². The lowest BCUT2D eigenvalue weighted by Crippen LogP contribution is -2.35. The van der Waals surface area contributed by atoms with Gasteiger partial charge in [0.15, 0.2) is 0 Å². The summed E-state index contributed by atoms with van der Waals surface area (Å²) in [6, 6.07) is 5.69. The minimum absolute atomic E-state index is 0.201. The number of nitrogens with zero attached hydrogens (tertiary/aromatic N) is 1. The summed E-state index contributed by atoms with van der Waals surface area (Å²) in [4.78, 5) is 10.8. The second-order valence-corrected chi connectivity index (χ2v) is 5.70. The summed E-state index contributed by atoms with van der Waals surface area (Å²) < 4.78 is 0.745. The van der Waals surface area contributed by atoms with Crippen molar-refractivity contribution in [2.45, 2.75) is 39.7 Å². The second kappa shape index (κ2) is 7.60. The third kappa shape index (κ3) is 4.58. The van der Waals surface area contributed by atoms with Gasteiger partial charge in [-0.25, -0.2) is 0 Å². The summed E-state index contributed by atoms with van der Waals surface area (Å²) in [5.74, 6) is 0.366. The van der Waals surface area contributed by atoms with Gasteiger partial charge < -0.3 is 5.32 Å². The van der Waals surface area contributed by atoms with Gasteiger partial charge in [0.05, 0.1) is 4.92 Å². The largest absolute Gasteiger partial charge is 0.314 e. The van der Waals surface area contributed by atoms with E-state index in [2.05, 4.69) is 42.0 Å². The molecule has 1 aromatic rings. The molecule has 0 bridgehead atoms. The van der Waals surface area contributed by atoms with Gasteiger partial charge in [-0.2, -0.15) is 0 Å². The zero-order valence-corrected chi connectivity index (χ0v) is 13.2. The molecular formula is C14H21BrN2O2. The van der Waals surface area contributed by atoms with Crippen molar-refractivity contribution in [2.75, 3.05) is 6.54 Å². The number of nitrogens with one attached hydrogen (secondary N) is 1. The van der Waals surface area contributed by atoms with Gasteiger partial charge in [0.25, 0.3) is 5.69 Å². The predicted octanol–water partition coefficient (Wildman–Crippen LogP) is 3.92. The maximum atomic E-state index is 11.1. The van der Waals surface area contributed by atoms with Crippen LogP contribution in [-0.2, 0) is 6.42 Å². The maximum Gasteiger partial charge on any atom is 0.273 e. The first-order chi connectivity index (χ1) is 8.99. The first kappa shape index (κ1) is 16.1. The van der Waals surface area contributed by atoms with Crippen molar-refractivity contribution in [3.8, 4) is 0 Å². The Bertz CT molecular complexity index is 437. The van der Waals surface area contributed by atoms with Crippen LogP contribution in [0.2, 0.25) is 0 Å². The summed E-state index contributed by atoms with van der Waals surface area (Å²) >= 11 is 3.28. The first-order valence-corrected chi connectivity index (χ1v) is 7.45. The molecule has 2 unspecified atom stereocenters. The van der Waals surface area contributed by atoms with Crippen LogP contribution >= 0.6 is 15.9 Å². The van der Waals surface area contributed by atoms with E-state index in [1.54, 1.807) is 6.07 Å². The van der Waals surface area contributed by atoms with Gasteiger partial charge in [0.1, 0.15) is 0 Å². The average molecular weight is 329 g/mol. The van der Waals surface area contributed by atoms with Gasteiger partial charge in [-0.05, 0) is 31.4 Å². The highest BCUT2D eigenvalue weighted by molar-refractivity contribution is 9.10. The van der Waals surface area contributed by atoms with E-state index in [0.717, 1.165) is 29.4 Å². The van der Waals surface area contributed by atoms with Crippen LogP contribution in [-0.4, -0.2) is 17.5 Å². The monoisotopic (exact) mass is 328 g/mol. The molecule has 0 aromatic heterocycles. The van der Waals surface area contributed by atoms with E-state index in [0.29, 0.717) is 12.0 Å². The Morgan fingerprint density at radius 3 is 2.63 bits per heavy atom. The molecule has 5 heteroatoms. The number of halogens is 1. The molecule has 0 radical (unpaired) electrons. The van der Waals surface area contributed by atoms with Crippen LogP contribution in [0.3, 0.4) is 0 Å². The molecule has 0 saturated heterocycles. The molecule has 0 aliphatic rings. The van der Waals surface area contributed by atoms with E-state index in [9.17, 15) is 10.1 Å². The third-order valence-corrected chi connectivity index (χ3v) is 3.87. The van der Waals surface area contributed by atoms with Crippen LogP contribution in [0, 0.1) is 16.0 Å². The summed E-state index contributed by atoms with van der Waals surface area (Å²) in [7, 11) is 0. The Morgan fingerprint density at radius 2 is 2.11 bits per heavy atom. The zero-order chi connectivity index (χ0) is 14.4. The van der Waals surface area contributed by atoms with Crippen LogP contribution in [0.1, 0.15) is 32.8 Å². The van der Waals surface area contributed by atoms with Crippen LogP contribution in [0.4, 0.5) is 5.69 Å². The van der Waals surface area contributed by atoms with Crippen molar-refractivity contribution in [1.29, 1.82) is 0 Å². The molecule has 106 valence electrons. The SMILES string of the molecule is CCNC(CC)C(C)Cc1ccc(Br)cc1[N+](=O)[O-]. The average Bonchev–Trinajstić information content (AvgIpc) is 2.37. The quantitative estimate of drug-likeness (QED) is 0.609. The molecule has 0 spiro atoms. The number of hydrogen-bond acceptors (Lipinski definition) is 3. The van der Waals surface area contributed by atoms with E-state index in [4.69, 9.17) is 0 Å². The minimum Gasteiger partial charge on any atom is -0.314 e. The molecule has 0 fully saturated rings. The zero-order valence-electron chi connectivity index (χ0n) is 11.6. The number of nitro groups is 1. The molecule has 0 saturated carbocycles. The molecular weight excluding hydrogens is 308 g/mol. The fourth-order valence-corrected chi connectivity index (χ4v) is 2.73. The van der Waals surface area contributed by atoms with E-state index in [-0.39, 0.29) is 10.6 Å². The normalized spacial score (nSPS) is 14.1. The lowest BCUT2D eigenvalue weighted by atomic mass is 9.91. The van der Waals surface area contributed by atoms with Crippen LogP contribution in [0.25, 0.3) is 0 Å². The van der Waals surface area contributed by atoms with Crippen molar-refractivity contribution < 1.29 is 4.92 Å². The van der Waals surface area contributed by atoms with Crippen molar-refractivity contribution in [2.24, 2.45) is 5.92 Å². The molecule has 0 heterocycles. The summed E-state index contributed by atoms with van der Waals surface area (Å²) in [5.41, 5.74) is 1.00. The number of nitro benzene ring substituents is 1. The Balaban J connectivity index is 2.89. The first-order valence-electron chi connectivity index (χ1n) is 6.65. The standard InChI is InChI=1S/C14H21BrN2O2/c1-4-13(16-5-2)10(3)8-11-6-7-12(15)9-14(11)17(18)19/h6-7,9-10,13,16H,4-5,8H2,1-3H3. The van der Waals surface area contributed by atoms with Gasteiger partial charge >= 0.3 is 0 Å². The van der Waals surface area contributed by atoms with Crippen molar-refractivity contribution in [3.63, 3.8) is 0 Å². The molecule has 2 atom stereocenters. The Morgan fingerprint density at radius 1 is 1.42 bits per heavy atom. The van der Waals surface area contributed by atoms with Crippen molar-refractivity contribution in [1.82, 2.24) is 5.32 Å². The Kier molecular flexibility index (Phi) is 6.45. The van der Waals surface area contributed by atoms with E-state index in [1.165, 1.54) is 0 Å². The summed E-state index contributed by atoms with van der Waals surface area (Å²) in [5, 5.41) is 14.5. The van der Waals surface area contributed by atoms with Gasteiger partial charge in [0.2, 0.25) is 0 Å². The molecule has 1 aromatic carbocycles. The number of benzene rings is 1. The molecule has 0 amide bonds. The van der Waals surface area contributed by atoms with Crippen LogP contribution < -0.4 is 5.32 Å². The van der Waals surface area contributed by atoms with Gasteiger partial charge in [-0.15, -0.1) is 0 Å². The highest BCUT2D eigenvalue weighted by atomic mass is 79.9. The lowest BCUT2D eigenvalue weighted by molar-refractivity contribution is -0.385. The topological polar surface area (TPSA) is 55.2 Å².